The maximum atomic E-state index is 10.7. The Morgan fingerprint density at radius 3 is 2.69 bits per heavy atom. The quantitative estimate of drug-likeness (QED) is 0.776. The van der Waals surface area contributed by atoms with Gasteiger partial charge in [0.2, 0.25) is 0 Å². The summed E-state index contributed by atoms with van der Waals surface area (Å²) in [5.41, 5.74) is 1.65. The minimum Gasteiger partial charge on any atom is -0.496 e. The highest BCUT2D eigenvalue weighted by Gasteiger charge is 2.08. The first-order valence-corrected chi connectivity index (χ1v) is 5.26. The van der Waals surface area contributed by atoms with Crippen molar-refractivity contribution in [1.29, 1.82) is 0 Å². The average molecular weight is 220 g/mol. The van der Waals surface area contributed by atoms with E-state index in [1.807, 2.05) is 31.2 Å². The Kier molecular flexibility index (Phi) is 4.58. The monoisotopic (exact) mass is 220 g/mol. The number of hydrogen-bond donors (Lipinski definition) is 1. The van der Waals surface area contributed by atoms with Crippen molar-refractivity contribution in [2.75, 3.05) is 7.11 Å². The van der Waals surface area contributed by atoms with Gasteiger partial charge in [0.15, 0.2) is 0 Å². The molecule has 3 nitrogen and oxygen atoms in total. The number of para-hydroxylation sites is 1. The molecular formula is C13H16O3. The molecule has 3 heteroatoms. The number of allylic oxidation sites excluding steroid dienone is 1. The molecule has 1 aromatic carbocycles. The molecular weight excluding hydrogens is 204 g/mol. The zero-order valence-electron chi connectivity index (χ0n) is 9.56. The van der Waals surface area contributed by atoms with Crippen LogP contribution in [0.2, 0.25) is 0 Å². The molecule has 0 aliphatic rings. The summed E-state index contributed by atoms with van der Waals surface area (Å²) in [6.07, 6.45) is 2.88. The van der Waals surface area contributed by atoms with E-state index in [9.17, 15) is 4.79 Å². The summed E-state index contributed by atoms with van der Waals surface area (Å²) in [5.74, 6) is -0.210. The highest BCUT2D eigenvalue weighted by atomic mass is 16.5. The smallest absolute Gasteiger partial charge is 0.328 e. The SMILES string of the molecule is CCC/C(=C\C(=O)O)c1ccccc1OC. The van der Waals surface area contributed by atoms with Crippen LogP contribution >= 0.6 is 0 Å². The summed E-state index contributed by atoms with van der Waals surface area (Å²) >= 11 is 0. The van der Waals surface area contributed by atoms with Crippen molar-refractivity contribution in [3.05, 3.63) is 35.9 Å². The molecule has 1 N–H and O–H groups in total. The number of carboxylic acids is 1. The third-order valence-electron chi connectivity index (χ3n) is 2.27. The molecule has 16 heavy (non-hydrogen) atoms. The molecule has 0 heterocycles. The first kappa shape index (κ1) is 12.3. The number of aliphatic carboxylic acids is 1. The molecule has 0 fully saturated rings. The zero-order chi connectivity index (χ0) is 12.0. The summed E-state index contributed by atoms with van der Waals surface area (Å²) in [4.78, 5) is 10.7. The second-order valence-corrected chi connectivity index (χ2v) is 3.46. The van der Waals surface area contributed by atoms with E-state index in [2.05, 4.69) is 0 Å². The predicted octanol–water partition coefficient (Wildman–Crippen LogP) is 2.96. The molecule has 1 aromatic rings. The number of hydrogen-bond acceptors (Lipinski definition) is 2. The summed E-state index contributed by atoms with van der Waals surface area (Å²) in [6, 6.07) is 7.46. The first-order chi connectivity index (χ1) is 7.69. The molecule has 0 aliphatic heterocycles. The van der Waals surface area contributed by atoms with Gasteiger partial charge in [-0.25, -0.2) is 4.79 Å². The van der Waals surface area contributed by atoms with Crippen LogP contribution in [0.25, 0.3) is 5.57 Å². The highest BCUT2D eigenvalue weighted by molar-refractivity contribution is 5.91. The van der Waals surface area contributed by atoms with E-state index >= 15 is 0 Å². The largest absolute Gasteiger partial charge is 0.496 e. The Labute approximate surface area is 95.4 Å². The van der Waals surface area contributed by atoms with E-state index in [0.717, 1.165) is 24.0 Å². The van der Waals surface area contributed by atoms with Crippen LogP contribution in [-0.2, 0) is 4.79 Å². The highest BCUT2D eigenvalue weighted by Crippen LogP contribution is 2.28. The van der Waals surface area contributed by atoms with Crippen molar-refractivity contribution < 1.29 is 14.6 Å². The van der Waals surface area contributed by atoms with Gasteiger partial charge in [-0.3, -0.25) is 0 Å². The summed E-state index contributed by atoms with van der Waals surface area (Å²) in [6.45, 7) is 2.02. The molecule has 0 aromatic heterocycles. The number of rotatable bonds is 5. The molecule has 0 aliphatic carbocycles. The first-order valence-electron chi connectivity index (χ1n) is 5.26. The molecule has 0 spiro atoms. The number of methoxy groups -OCH3 is 1. The zero-order valence-corrected chi connectivity index (χ0v) is 9.56. The second-order valence-electron chi connectivity index (χ2n) is 3.46. The Hall–Kier alpha value is -1.77. The number of benzene rings is 1. The normalized spacial score (nSPS) is 11.2. The van der Waals surface area contributed by atoms with Gasteiger partial charge in [-0.05, 0) is 18.1 Å². The van der Waals surface area contributed by atoms with Gasteiger partial charge < -0.3 is 9.84 Å². The van der Waals surface area contributed by atoms with E-state index in [-0.39, 0.29) is 0 Å². The fourth-order valence-corrected chi connectivity index (χ4v) is 1.61. The maximum absolute atomic E-state index is 10.7. The fourth-order valence-electron chi connectivity index (χ4n) is 1.61. The lowest BCUT2D eigenvalue weighted by Crippen LogP contribution is -1.95. The van der Waals surface area contributed by atoms with Crippen LogP contribution in [0.1, 0.15) is 25.3 Å². The summed E-state index contributed by atoms with van der Waals surface area (Å²) in [7, 11) is 1.59. The minimum atomic E-state index is -0.922. The third kappa shape index (κ3) is 3.12. The van der Waals surface area contributed by atoms with Crippen LogP contribution in [0.15, 0.2) is 30.3 Å². The number of carbonyl (C=O) groups is 1. The van der Waals surface area contributed by atoms with Crippen molar-refractivity contribution in [1.82, 2.24) is 0 Å². The molecule has 1 rings (SSSR count). The van der Waals surface area contributed by atoms with Gasteiger partial charge in [0.25, 0.3) is 0 Å². The van der Waals surface area contributed by atoms with Crippen molar-refractivity contribution in [3.63, 3.8) is 0 Å². The van der Waals surface area contributed by atoms with E-state index in [4.69, 9.17) is 9.84 Å². The second kappa shape index (κ2) is 5.95. The average Bonchev–Trinajstić information content (AvgIpc) is 2.28. The van der Waals surface area contributed by atoms with Crippen molar-refractivity contribution in [3.8, 4) is 5.75 Å². The Morgan fingerprint density at radius 1 is 1.44 bits per heavy atom. The topological polar surface area (TPSA) is 46.5 Å². The Bertz CT molecular complexity index is 394. The van der Waals surface area contributed by atoms with Crippen LogP contribution in [0.4, 0.5) is 0 Å². The van der Waals surface area contributed by atoms with E-state index in [1.165, 1.54) is 6.08 Å². The van der Waals surface area contributed by atoms with Crippen LogP contribution in [0.5, 0.6) is 5.75 Å². The van der Waals surface area contributed by atoms with Crippen LogP contribution in [0, 0.1) is 0 Å². The molecule has 0 amide bonds. The van der Waals surface area contributed by atoms with E-state index < -0.39 is 5.97 Å². The van der Waals surface area contributed by atoms with Crippen molar-refractivity contribution >= 4 is 11.5 Å². The van der Waals surface area contributed by atoms with Gasteiger partial charge in [-0.1, -0.05) is 31.5 Å². The van der Waals surface area contributed by atoms with Crippen molar-refractivity contribution in [2.45, 2.75) is 19.8 Å². The molecule has 0 unspecified atom stereocenters. The van der Waals surface area contributed by atoms with Crippen molar-refractivity contribution in [2.24, 2.45) is 0 Å². The molecule has 0 saturated carbocycles. The van der Waals surface area contributed by atoms with Gasteiger partial charge in [-0.2, -0.15) is 0 Å². The van der Waals surface area contributed by atoms with Gasteiger partial charge in [0, 0.05) is 11.6 Å². The maximum Gasteiger partial charge on any atom is 0.328 e. The molecule has 0 bridgehead atoms. The predicted molar refractivity (Wildman–Crippen MR) is 63.5 cm³/mol. The standard InChI is InChI=1S/C13H16O3/c1-3-6-10(9-13(14)15)11-7-4-5-8-12(11)16-2/h4-5,7-9H,3,6H2,1-2H3,(H,14,15)/b10-9+. The summed E-state index contributed by atoms with van der Waals surface area (Å²) < 4.78 is 5.22. The van der Waals surface area contributed by atoms with Crippen LogP contribution < -0.4 is 4.74 Å². The Morgan fingerprint density at radius 2 is 2.12 bits per heavy atom. The van der Waals surface area contributed by atoms with Gasteiger partial charge in [0.05, 0.1) is 7.11 Å². The lowest BCUT2D eigenvalue weighted by molar-refractivity contribution is -0.131. The molecule has 0 radical (unpaired) electrons. The van der Waals surface area contributed by atoms with Gasteiger partial charge in [-0.15, -0.1) is 0 Å². The summed E-state index contributed by atoms with van der Waals surface area (Å²) in [5, 5.41) is 8.82. The molecule has 0 atom stereocenters. The molecule has 0 saturated heterocycles. The lowest BCUT2D eigenvalue weighted by atomic mass is 10.00. The minimum absolute atomic E-state index is 0.712. The van der Waals surface area contributed by atoms with E-state index in [0.29, 0.717) is 5.75 Å². The fraction of sp³-hybridized carbons (Fsp3) is 0.308. The van der Waals surface area contributed by atoms with Gasteiger partial charge in [0.1, 0.15) is 5.75 Å². The Balaban J connectivity index is 3.15. The third-order valence-corrected chi connectivity index (χ3v) is 2.27. The lowest BCUT2D eigenvalue weighted by Gasteiger charge is -2.10. The van der Waals surface area contributed by atoms with E-state index in [1.54, 1.807) is 7.11 Å². The molecule has 86 valence electrons. The van der Waals surface area contributed by atoms with Gasteiger partial charge >= 0.3 is 5.97 Å². The number of carboxylic acid groups (broad SMARTS) is 1. The van der Waals surface area contributed by atoms with Crippen LogP contribution in [0.3, 0.4) is 0 Å². The van der Waals surface area contributed by atoms with Crippen LogP contribution in [-0.4, -0.2) is 18.2 Å². The number of ether oxygens (including phenoxy) is 1.